The van der Waals surface area contributed by atoms with Crippen molar-refractivity contribution in [3.63, 3.8) is 0 Å². The Hall–Kier alpha value is -1.33. The van der Waals surface area contributed by atoms with Gasteiger partial charge in [-0.05, 0) is 25.1 Å². The number of methoxy groups -OCH3 is 1. The van der Waals surface area contributed by atoms with Crippen LogP contribution in [0.1, 0.15) is 24.2 Å². The van der Waals surface area contributed by atoms with Gasteiger partial charge in [-0.25, -0.2) is 0 Å². The number of rotatable bonds is 6. The fraction of sp³-hybridized carbons (Fsp3) is 0.429. The average molecular weight is 315 g/mol. The molecule has 1 amide bonds. The van der Waals surface area contributed by atoms with Crippen LogP contribution in [0.25, 0.3) is 0 Å². The van der Waals surface area contributed by atoms with Crippen LogP contribution < -0.4 is 10.5 Å². The van der Waals surface area contributed by atoms with E-state index in [0.29, 0.717) is 34.4 Å². The van der Waals surface area contributed by atoms with E-state index in [2.05, 4.69) is 0 Å². The lowest BCUT2D eigenvalue weighted by Crippen LogP contribution is -2.38. The first kappa shape index (κ1) is 16.7. The Morgan fingerprint density at radius 2 is 2.20 bits per heavy atom. The minimum absolute atomic E-state index is 0.0425. The molecule has 0 radical (unpaired) electrons. The summed E-state index contributed by atoms with van der Waals surface area (Å²) in [6.07, 6.45) is 0. The lowest BCUT2D eigenvalue weighted by Gasteiger charge is -2.25. The molecule has 0 saturated heterocycles. The van der Waals surface area contributed by atoms with Crippen LogP contribution >= 0.6 is 23.8 Å². The van der Waals surface area contributed by atoms with E-state index in [1.807, 2.05) is 13.8 Å². The molecular weight excluding hydrogens is 296 g/mol. The Morgan fingerprint density at radius 1 is 1.55 bits per heavy atom. The zero-order chi connectivity index (χ0) is 15.3. The number of carbonyl (C=O) groups excluding carboxylic acids is 1. The lowest BCUT2D eigenvalue weighted by molar-refractivity contribution is 0.0751. The highest BCUT2D eigenvalue weighted by atomic mass is 35.5. The van der Waals surface area contributed by atoms with Crippen LogP contribution in [0.3, 0.4) is 0 Å². The first-order valence-corrected chi connectivity index (χ1v) is 7.11. The Labute approximate surface area is 129 Å². The van der Waals surface area contributed by atoms with E-state index in [-0.39, 0.29) is 11.8 Å². The van der Waals surface area contributed by atoms with Gasteiger partial charge in [-0.2, -0.15) is 0 Å². The monoisotopic (exact) mass is 314 g/mol. The molecule has 0 aliphatic rings. The third kappa shape index (κ3) is 4.08. The summed E-state index contributed by atoms with van der Waals surface area (Å²) < 4.78 is 5.21. The van der Waals surface area contributed by atoms with E-state index in [0.717, 1.165) is 0 Å². The molecule has 1 aromatic carbocycles. The smallest absolute Gasteiger partial charge is 0.257 e. The van der Waals surface area contributed by atoms with Gasteiger partial charge in [0.05, 0.1) is 17.7 Å². The summed E-state index contributed by atoms with van der Waals surface area (Å²) in [6.45, 7) is 4.83. The summed E-state index contributed by atoms with van der Waals surface area (Å²) in [7, 11) is 1.52. The largest absolute Gasteiger partial charge is 0.496 e. The second-order valence-corrected chi connectivity index (χ2v) is 5.40. The number of hydrogen-bond acceptors (Lipinski definition) is 3. The van der Waals surface area contributed by atoms with Gasteiger partial charge >= 0.3 is 0 Å². The molecule has 0 fully saturated rings. The molecule has 0 saturated carbocycles. The van der Waals surface area contributed by atoms with Crippen LogP contribution in [-0.4, -0.2) is 36.0 Å². The summed E-state index contributed by atoms with van der Waals surface area (Å²) in [5.41, 5.74) is 6.05. The van der Waals surface area contributed by atoms with E-state index < -0.39 is 0 Å². The predicted molar refractivity (Wildman–Crippen MR) is 85.5 cm³/mol. The van der Waals surface area contributed by atoms with Gasteiger partial charge in [-0.1, -0.05) is 30.7 Å². The van der Waals surface area contributed by atoms with Crippen LogP contribution in [0.4, 0.5) is 0 Å². The Kier molecular flexibility index (Phi) is 6.23. The van der Waals surface area contributed by atoms with Gasteiger partial charge in [0, 0.05) is 24.0 Å². The standard InChI is InChI=1S/C14H19ClN2O2S/c1-4-17(8-9(2)13(16)20)14(18)11-7-10(15)5-6-12(11)19-3/h5-7,9H,4,8H2,1-3H3,(H2,16,20). The molecule has 0 spiro atoms. The second-order valence-electron chi connectivity index (χ2n) is 4.49. The van der Waals surface area contributed by atoms with Crippen LogP contribution in [-0.2, 0) is 0 Å². The number of halogens is 1. The minimum atomic E-state index is -0.144. The van der Waals surface area contributed by atoms with Crippen molar-refractivity contribution in [1.29, 1.82) is 0 Å². The van der Waals surface area contributed by atoms with Crippen molar-refractivity contribution in [2.75, 3.05) is 20.2 Å². The molecule has 0 heterocycles. The van der Waals surface area contributed by atoms with Gasteiger partial charge in [0.2, 0.25) is 0 Å². The van der Waals surface area contributed by atoms with Gasteiger partial charge in [0.25, 0.3) is 5.91 Å². The molecule has 6 heteroatoms. The zero-order valence-electron chi connectivity index (χ0n) is 11.9. The maximum Gasteiger partial charge on any atom is 0.257 e. The highest BCUT2D eigenvalue weighted by Gasteiger charge is 2.21. The topological polar surface area (TPSA) is 55.6 Å². The van der Waals surface area contributed by atoms with Gasteiger partial charge < -0.3 is 15.4 Å². The first-order valence-electron chi connectivity index (χ1n) is 6.32. The molecule has 1 rings (SSSR count). The summed E-state index contributed by atoms with van der Waals surface area (Å²) in [4.78, 5) is 14.6. The number of amides is 1. The van der Waals surface area contributed by atoms with E-state index >= 15 is 0 Å². The van der Waals surface area contributed by atoms with E-state index in [1.165, 1.54) is 7.11 Å². The van der Waals surface area contributed by atoms with Crippen LogP contribution in [0.2, 0.25) is 5.02 Å². The molecular formula is C14H19ClN2O2S. The average Bonchev–Trinajstić information content (AvgIpc) is 2.43. The van der Waals surface area contributed by atoms with Gasteiger partial charge in [0.1, 0.15) is 5.75 Å². The van der Waals surface area contributed by atoms with Gasteiger partial charge in [-0.3, -0.25) is 4.79 Å². The summed E-state index contributed by atoms with van der Waals surface area (Å²) in [5, 5.41) is 0.493. The van der Waals surface area contributed by atoms with Gasteiger partial charge in [-0.15, -0.1) is 0 Å². The Morgan fingerprint density at radius 3 is 2.70 bits per heavy atom. The number of hydrogen-bond donors (Lipinski definition) is 1. The van der Waals surface area contributed by atoms with Crippen LogP contribution in [0, 0.1) is 5.92 Å². The molecule has 0 aliphatic carbocycles. The molecule has 1 unspecified atom stereocenters. The molecule has 0 bridgehead atoms. The van der Waals surface area contributed by atoms with Crippen LogP contribution in [0.5, 0.6) is 5.75 Å². The highest BCUT2D eigenvalue weighted by molar-refractivity contribution is 7.80. The lowest BCUT2D eigenvalue weighted by atomic mass is 10.1. The van der Waals surface area contributed by atoms with Crippen molar-refractivity contribution in [1.82, 2.24) is 4.90 Å². The van der Waals surface area contributed by atoms with Crippen LogP contribution in [0.15, 0.2) is 18.2 Å². The van der Waals surface area contributed by atoms with Crippen molar-refractivity contribution < 1.29 is 9.53 Å². The fourth-order valence-corrected chi connectivity index (χ4v) is 2.04. The number of thiocarbonyl (C=S) groups is 1. The minimum Gasteiger partial charge on any atom is -0.496 e. The summed E-state index contributed by atoms with van der Waals surface area (Å²) >= 11 is 10.9. The molecule has 2 N–H and O–H groups in total. The predicted octanol–water partition coefficient (Wildman–Crippen LogP) is 2.73. The molecule has 1 aromatic rings. The molecule has 0 aromatic heterocycles. The van der Waals surface area contributed by atoms with E-state index in [9.17, 15) is 4.79 Å². The maximum atomic E-state index is 12.6. The van der Waals surface area contributed by atoms with Crippen molar-refractivity contribution >= 4 is 34.7 Å². The zero-order valence-corrected chi connectivity index (χ0v) is 13.4. The number of nitrogens with zero attached hydrogens (tertiary/aromatic N) is 1. The molecule has 110 valence electrons. The molecule has 20 heavy (non-hydrogen) atoms. The number of nitrogens with two attached hydrogens (primary N) is 1. The molecule has 0 aliphatic heterocycles. The third-order valence-electron chi connectivity index (χ3n) is 3.04. The number of carbonyl (C=O) groups is 1. The van der Waals surface area contributed by atoms with Crippen molar-refractivity contribution in [2.45, 2.75) is 13.8 Å². The Balaban J connectivity index is 3.02. The first-order chi connectivity index (χ1) is 9.40. The quantitative estimate of drug-likeness (QED) is 0.820. The maximum absolute atomic E-state index is 12.6. The molecule has 4 nitrogen and oxygen atoms in total. The fourth-order valence-electron chi connectivity index (χ4n) is 1.79. The number of ether oxygens (including phenoxy) is 1. The van der Waals surface area contributed by atoms with E-state index in [1.54, 1.807) is 23.1 Å². The van der Waals surface area contributed by atoms with Crippen molar-refractivity contribution in [2.24, 2.45) is 11.7 Å². The summed E-state index contributed by atoms with van der Waals surface area (Å²) in [6, 6.07) is 4.97. The van der Waals surface area contributed by atoms with Crippen molar-refractivity contribution in [3.05, 3.63) is 28.8 Å². The van der Waals surface area contributed by atoms with E-state index in [4.69, 9.17) is 34.3 Å². The summed E-state index contributed by atoms with van der Waals surface area (Å²) in [5.74, 6) is 0.315. The number of benzene rings is 1. The second kappa shape index (κ2) is 7.45. The van der Waals surface area contributed by atoms with Gasteiger partial charge in [0.15, 0.2) is 0 Å². The SMILES string of the molecule is CCN(CC(C)C(N)=S)C(=O)c1cc(Cl)ccc1OC. The van der Waals surface area contributed by atoms with Crippen molar-refractivity contribution in [3.8, 4) is 5.75 Å². The third-order valence-corrected chi connectivity index (χ3v) is 3.68. The molecule has 1 atom stereocenters. The normalized spacial score (nSPS) is 11.8. The highest BCUT2D eigenvalue weighted by Crippen LogP contribution is 2.24. The Bertz CT molecular complexity index is 508.